The van der Waals surface area contributed by atoms with Crippen molar-refractivity contribution in [3.05, 3.63) is 6.67 Å². The van der Waals surface area contributed by atoms with Crippen LogP contribution in [0, 0.1) is 6.67 Å². The van der Waals surface area contributed by atoms with Gasteiger partial charge in [-0.2, -0.15) is 5.10 Å². The fourth-order valence-electron chi connectivity index (χ4n) is 0.140. The van der Waals surface area contributed by atoms with Crippen molar-refractivity contribution in [1.82, 2.24) is 10.7 Å². The Morgan fingerprint density at radius 1 is 1.60 bits per heavy atom. The van der Waals surface area contributed by atoms with E-state index in [0.717, 1.165) is 0 Å². The predicted octanol–water partition coefficient (Wildman–Crippen LogP) is -1.00. The summed E-state index contributed by atoms with van der Waals surface area (Å²) < 4.78 is 0. The molecular weight excluding hydrogens is 66.0 g/mol. The summed E-state index contributed by atoms with van der Waals surface area (Å²) in [5.41, 5.74) is 2.38. The molecule has 0 atom stereocenters. The first-order chi connectivity index (χ1) is 2.50. The van der Waals surface area contributed by atoms with Gasteiger partial charge in [-0.25, -0.2) is 0 Å². The first kappa shape index (κ1) is 2.50. The van der Waals surface area contributed by atoms with Crippen molar-refractivity contribution < 1.29 is 0 Å². The lowest BCUT2D eigenvalue weighted by Crippen LogP contribution is -2.04. The van der Waals surface area contributed by atoms with Crippen LogP contribution < -0.4 is 10.7 Å². The summed E-state index contributed by atoms with van der Waals surface area (Å²) in [6.07, 6.45) is 2.38. The Balaban J connectivity index is 2.32. The average molecular weight is 68.1 g/mol. The molecule has 1 aliphatic heterocycles. The largest absolute Gasteiger partial charge is 0.334 e. The molecule has 1 aliphatic rings. The second-order valence-electron chi connectivity index (χ2n) is 0.585. The lowest BCUT2D eigenvalue weighted by atomic mass is 11.1. The molecule has 0 saturated heterocycles. The minimum atomic E-state index is 2.38. The zero-order chi connectivity index (χ0) is 3.54. The van der Waals surface area contributed by atoms with Gasteiger partial charge in [0.25, 0.3) is 0 Å². The summed E-state index contributed by atoms with van der Waals surface area (Å²) in [5.74, 6) is 0. The van der Waals surface area contributed by atoms with Crippen molar-refractivity contribution in [2.75, 3.05) is 0 Å². The van der Waals surface area contributed by atoms with E-state index in [9.17, 15) is 0 Å². The smallest absolute Gasteiger partial charge is 0.221 e. The molecule has 5 heavy (non-hydrogen) atoms. The highest BCUT2D eigenvalue weighted by Crippen LogP contribution is 1.64. The van der Waals surface area contributed by atoms with E-state index in [0.29, 0.717) is 0 Å². The van der Waals surface area contributed by atoms with Crippen LogP contribution in [-0.4, -0.2) is 6.34 Å². The van der Waals surface area contributed by atoms with E-state index in [4.69, 9.17) is 0 Å². The van der Waals surface area contributed by atoms with Gasteiger partial charge in [-0.05, 0) is 0 Å². The Kier molecular flexibility index (Phi) is 0.463. The number of nitrogens with one attached hydrogen (secondary N) is 2. The molecule has 0 unspecified atom stereocenters. The molecule has 25 valence electrons. The normalized spacial score (nSPS) is 17.6. The maximum atomic E-state index is 3.36. The Hall–Kier alpha value is -0.730. The van der Waals surface area contributed by atoms with Gasteiger partial charge in [-0.15, -0.1) is 0 Å². The Morgan fingerprint density at radius 3 is 2.80 bits per heavy atom. The van der Waals surface area contributed by atoms with Crippen LogP contribution in [0.5, 0.6) is 0 Å². The second kappa shape index (κ2) is 0.924. The Labute approximate surface area is 30.1 Å². The minimum Gasteiger partial charge on any atom is -0.334 e. The Bertz CT molecular complexity index is 42.9. The summed E-state index contributed by atoms with van der Waals surface area (Å²) in [5, 5.41) is 5.81. The number of hydrogen-bond acceptors (Lipinski definition) is 3. The predicted molar refractivity (Wildman–Crippen MR) is 16.9 cm³/mol. The highest BCUT2D eigenvalue weighted by atomic mass is 15.4. The van der Waals surface area contributed by atoms with Gasteiger partial charge in [0.05, 0.1) is 0 Å². The van der Waals surface area contributed by atoms with E-state index >= 15 is 0 Å². The Morgan fingerprint density at radius 2 is 2.60 bits per heavy atom. The molecule has 3 radical (unpaired) electrons. The van der Waals surface area contributed by atoms with Crippen LogP contribution in [0.25, 0.3) is 0 Å². The molecule has 0 amide bonds. The third-order valence-corrected chi connectivity index (χ3v) is 0.286. The van der Waals surface area contributed by atoms with Gasteiger partial charge in [-0.3, -0.25) is 5.43 Å². The third-order valence-electron chi connectivity index (χ3n) is 0.286. The molecular formula is C2H2N3. The average Bonchev–Trinajstić information content (AvgIpc) is 1.76. The highest BCUT2D eigenvalue weighted by molar-refractivity contribution is 5.56. The van der Waals surface area contributed by atoms with E-state index in [2.05, 4.69) is 28.9 Å². The van der Waals surface area contributed by atoms with E-state index < -0.39 is 0 Å². The molecule has 0 aliphatic carbocycles. The van der Waals surface area contributed by atoms with Gasteiger partial charge in [0.2, 0.25) is 6.67 Å². The maximum absolute atomic E-state index is 3.36. The lowest BCUT2D eigenvalue weighted by molar-refractivity contribution is 0.889. The summed E-state index contributed by atoms with van der Waals surface area (Å²) in [6.45, 7) is 2.44. The van der Waals surface area contributed by atoms with Gasteiger partial charge in [-0.1, -0.05) is 0 Å². The van der Waals surface area contributed by atoms with Gasteiger partial charge in [0.15, 0.2) is 6.34 Å². The summed E-state index contributed by atoms with van der Waals surface area (Å²) >= 11 is 0. The SMILES string of the molecule is [C]1N[C]=NN1. The second-order valence-corrected chi connectivity index (χ2v) is 0.585. The van der Waals surface area contributed by atoms with Gasteiger partial charge >= 0.3 is 0 Å². The summed E-state index contributed by atoms with van der Waals surface area (Å²) in [7, 11) is 0. The van der Waals surface area contributed by atoms with Crippen LogP contribution in [0.3, 0.4) is 0 Å². The maximum Gasteiger partial charge on any atom is 0.221 e. The van der Waals surface area contributed by atoms with Gasteiger partial charge < -0.3 is 5.32 Å². The lowest BCUT2D eigenvalue weighted by Gasteiger charge is -1.74. The fraction of sp³-hybridized carbons (Fsp3) is 0. The molecule has 1 heterocycles. The van der Waals surface area contributed by atoms with Gasteiger partial charge in [0.1, 0.15) is 0 Å². The topological polar surface area (TPSA) is 36.4 Å². The quantitative estimate of drug-likeness (QED) is 0.382. The number of rotatable bonds is 0. The molecule has 0 fully saturated rings. The van der Waals surface area contributed by atoms with Crippen molar-refractivity contribution >= 4 is 6.34 Å². The fourth-order valence-corrected chi connectivity index (χ4v) is 0.140. The summed E-state index contributed by atoms with van der Waals surface area (Å²) in [4.78, 5) is 0. The third kappa shape index (κ3) is 0.289. The van der Waals surface area contributed by atoms with Crippen LogP contribution in [0.4, 0.5) is 0 Å². The summed E-state index contributed by atoms with van der Waals surface area (Å²) in [6, 6.07) is 0. The molecule has 0 bridgehead atoms. The van der Waals surface area contributed by atoms with Crippen LogP contribution in [0.15, 0.2) is 5.10 Å². The zero-order valence-corrected chi connectivity index (χ0v) is 2.45. The minimum absolute atomic E-state index is 2.38. The van der Waals surface area contributed by atoms with Crippen molar-refractivity contribution in [3.8, 4) is 0 Å². The number of hydrogen-bond donors (Lipinski definition) is 2. The molecule has 0 aromatic heterocycles. The van der Waals surface area contributed by atoms with Crippen molar-refractivity contribution in [1.29, 1.82) is 0 Å². The van der Waals surface area contributed by atoms with E-state index in [1.54, 1.807) is 0 Å². The molecule has 3 nitrogen and oxygen atoms in total. The van der Waals surface area contributed by atoms with Crippen LogP contribution in [-0.2, 0) is 0 Å². The van der Waals surface area contributed by atoms with Crippen molar-refractivity contribution in [3.63, 3.8) is 0 Å². The van der Waals surface area contributed by atoms with Gasteiger partial charge in [0, 0.05) is 0 Å². The van der Waals surface area contributed by atoms with Crippen molar-refractivity contribution in [2.45, 2.75) is 0 Å². The zero-order valence-electron chi connectivity index (χ0n) is 2.45. The van der Waals surface area contributed by atoms with E-state index in [-0.39, 0.29) is 0 Å². The molecule has 3 heteroatoms. The van der Waals surface area contributed by atoms with E-state index in [1.807, 2.05) is 0 Å². The van der Waals surface area contributed by atoms with Crippen LogP contribution in [0.1, 0.15) is 0 Å². The van der Waals surface area contributed by atoms with E-state index in [1.165, 1.54) is 0 Å². The number of hydrazone groups is 1. The first-order valence-corrected chi connectivity index (χ1v) is 1.20. The molecule has 0 aromatic rings. The monoisotopic (exact) mass is 68.0 g/mol. The highest BCUT2D eigenvalue weighted by Gasteiger charge is 1.84. The molecule has 0 spiro atoms. The standard InChI is InChI=1S/C2H2N3/c1-3-2-5-4-1/h4H,(H,3,5). The van der Waals surface area contributed by atoms with Crippen LogP contribution in [0.2, 0.25) is 0 Å². The first-order valence-electron chi connectivity index (χ1n) is 1.20. The molecule has 0 saturated carbocycles. The molecule has 1 rings (SSSR count). The van der Waals surface area contributed by atoms with Crippen molar-refractivity contribution in [2.24, 2.45) is 5.10 Å². The van der Waals surface area contributed by atoms with Crippen LogP contribution >= 0.6 is 0 Å². The molecule has 2 N–H and O–H groups in total. The number of nitrogens with zero attached hydrogens (tertiary/aromatic N) is 1. The molecule has 0 aromatic carbocycles.